The minimum atomic E-state index is 0. The topological polar surface area (TPSA) is 60.0 Å². The Balaban J connectivity index is -0.00000128. The molecule has 0 unspecified atom stereocenters. The van der Waals surface area contributed by atoms with Gasteiger partial charge in [0.25, 0.3) is 0 Å². The molecular weight excluding hydrogens is 343 g/mol. The van der Waals surface area contributed by atoms with Crippen LogP contribution in [-0.2, 0) is 0 Å². The molecule has 0 aliphatic carbocycles. The van der Waals surface area contributed by atoms with E-state index in [-0.39, 0.29) is 32.1 Å². The van der Waals surface area contributed by atoms with E-state index >= 15 is 0 Å². The molecule has 0 fully saturated rings. The van der Waals surface area contributed by atoms with Crippen molar-refractivity contribution < 1.29 is 11.0 Å². The van der Waals surface area contributed by atoms with E-state index in [2.05, 4.69) is 13.8 Å². The van der Waals surface area contributed by atoms with Gasteiger partial charge in [-0.05, 0) is 0 Å². The van der Waals surface area contributed by atoms with Gasteiger partial charge in [-0.25, -0.2) is 0 Å². The first-order valence-corrected chi connectivity index (χ1v) is 12.2. The van der Waals surface area contributed by atoms with Gasteiger partial charge in [0.2, 0.25) is 0 Å². The maximum Gasteiger partial charge on any atom is -0.870 e. The van der Waals surface area contributed by atoms with Gasteiger partial charge in [-0.3, -0.25) is 0 Å². The summed E-state index contributed by atoms with van der Waals surface area (Å²) in [6.45, 7) is 4.60. The zero-order valence-corrected chi connectivity index (χ0v) is 16.1. The molecular formula is C16H36O2Sn. The van der Waals surface area contributed by atoms with Crippen LogP contribution in [0.3, 0.4) is 0 Å². The SMILES string of the molecule is CCCCCCC[CH2][Sn+2][CH2]CCCCCCC.[OH-].[OH-]. The minimum absolute atomic E-state index is 0. The summed E-state index contributed by atoms with van der Waals surface area (Å²) >= 11 is 0.0736. The molecule has 0 aliphatic rings. The van der Waals surface area contributed by atoms with E-state index in [1.807, 2.05) is 0 Å². The normalized spacial score (nSPS) is 9.37. The third-order valence-electron chi connectivity index (χ3n) is 3.41. The Morgan fingerprint density at radius 1 is 0.474 bits per heavy atom. The molecule has 0 bridgehead atoms. The van der Waals surface area contributed by atoms with E-state index in [0.717, 1.165) is 0 Å². The van der Waals surface area contributed by atoms with Crippen molar-refractivity contribution in [2.24, 2.45) is 0 Å². The van der Waals surface area contributed by atoms with Crippen LogP contribution in [0.5, 0.6) is 0 Å². The molecule has 0 atom stereocenters. The third kappa shape index (κ3) is 24.2. The van der Waals surface area contributed by atoms with E-state index in [1.54, 1.807) is 21.7 Å². The Bertz CT molecular complexity index is 118. The molecule has 116 valence electrons. The molecule has 0 saturated heterocycles. The smallest absolute Gasteiger partial charge is 0.870 e. The molecule has 0 aromatic carbocycles. The van der Waals surface area contributed by atoms with Gasteiger partial charge in [0.05, 0.1) is 0 Å². The Hall–Kier alpha value is 0.719. The van der Waals surface area contributed by atoms with Gasteiger partial charge in [-0.2, -0.15) is 0 Å². The maximum absolute atomic E-state index is 2.30. The number of hydrogen-bond donors (Lipinski definition) is 0. The van der Waals surface area contributed by atoms with E-state index in [9.17, 15) is 0 Å². The van der Waals surface area contributed by atoms with E-state index in [4.69, 9.17) is 0 Å². The summed E-state index contributed by atoms with van der Waals surface area (Å²) in [5.41, 5.74) is 0. The second-order valence-corrected chi connectivity index (χ2v) is 9.57. The fourth-order valence-corrected chi connectivity index (χ4v) is 5.75. The van der Waals surface area contributed by atoms with Crippen LogP contribution in [0.25, 0.3) is 0 Å². The van der Waals surface area contributed by atoms with Gasteiger partial charge < -0.3 is 11.0 Å². The van der Waals surface area contributed by atoms with Crippen molar-refractivity contribution in [3.63, 3.8) is 0 Å². The summed E-state index contributed by atoms with van der Waals surface area (Å²) in [5.74, 6) is 0. The predicted molar refractivity (Wildman–Crippen MR) is 86.0 cm³/mol. The van der Waals surface area contributed by atoms with Gasteiger partial charge in [-0.15, -0.1) is 0 Å². The fraction of sp³-hybridized carbons (Fsp3) is 1.00. The Morgan fingerprint density at radius 3 is 1.16 bits per heavy atom. The summed E-state index contributed by atoms with van der Waals surface area (Å²) in [6.07, 6.45) is 17.8. The summed E-state index contributed by atoms with van der Waals surface area (Å²) in [4.78, 5) is 0. The van der Waals surface area contributed by atoms with Crippen LogP contribution >= 0.6 is 0 Å². The average Bonchev–Trinajstić information content (AvgIpc) is 2.35. The van der Waals surface area contributed by atoms with Gasteiger partial charge >= 0.3 is 121 Å². The summed E-state index contributed by atoms with van der Waals surface area (Å²) in [7, 11) is 0. The molecule has 0 rings (SSSR count). The van der Waals surface area contributed by atoms with Crippen molar-refractivity contribution in [3.05, 3.63) is 0 Å². The van der Waals surface area contributed by atoms with Gasteiger partial charge in [0.1, 0.15) is 0 Å². The number of rotatable bonds is 14. The molecule has 3 heteroatoms. The fourth-order valence-electron chi connectivity index (χ4n) is 2.19. The minimum Gasteiger partial charge on any atom is -0.870 e. The van der Waals surface area contributed by atoms with E-state index < -0.39 is 0 Å². The molecule has 0 heterocycles. The van der Waals surface area contributed by atoms with Crippen LogP contribution in [-0.4, -0.2) is 32.1 Å². The molecule has 0 radical (unpaired) electrons. The molecule has 2 N–H and O–H groups in total. The molecule has 0 aliphatic heterocycles. The average molecular weight is 379 g/mol. The Labute approximate surface area is 132 Å². The second kappa shape index (κ2) is 23.8. The van der Waals surface area contributed by atoms with E-state index in [0.29, 0.717) is 0 Å². The largest absolute Gasteiger partial charge is 0.870 e. The third-order valence-corrected chi connectivity index (χ3v) is 7.45. The zero-order chi connectivity index (χ0) is 12.6. The van der Waals surface area contributed by atoms with E-state index in [1.165, 1.54) is 64.2 Å². The van der Waals surface area contributed by atoms with Gasteiger partial charge in [-0.1, -0.05) is 0 Å². The van der Waals surface area contributed by atoms with Crippen LogP contribution in [0.4, 0.5) is 0 Å². The van der Waals surface area contributed by atoms with Crippen LogP contribution in [0.2, 0.25) is 8.87 Å². The molecule has 0 aromatic heterocycles. The van der Waals surface area contributed by atoms with Crippen LogP contribution in [0, 0.1) is 0 Å². The van der Waals surface area contributed by atoms with Gasteiger partial charge in [0.15, 0.2) is 0 Å². The van der Waals surface area contributed by atoms with Crippen molar-refractivity contribution in [2.45, 2.75) is 99.8 Å². The van der Waals surface area contributed by atoms with Crippen molar-refractivity contribution in [1.82, 2.24) is 0 Å². The first kappa shape index (κ1) is 24.7. The van der Waals surface area contributed by atoms with Crippen LogP contribution < -0.4 is 0 Å². The van der Waals surface area contributed by atoms with Crippen molar-refractivity contribution in [1.29, 1.82) is 0 Å². The quantitative estimate of drug-likeness (QED) is 0.279. The summed E-state index contributed by atoms with van der Waals surface area (Å²) in [6, 6.07) is 0. The second-order valence-electron chi connectivity index (χ2n) is 5.29. The Kier molecular flexibility index (Phi) is 30.9. The number of hydrogen-bond acceptors (Lipinski definition) is 2. The maximum atomic E-state index is 2.30. The number of unbranched alkanes of at least 4 members (excludes halogenated alkanes) is 10. The standard InChI is InChI=1S/2C8H17.2H2O.Sn/c2*1-3-5-7-8-6-4-2;;;/h2*1,3-8H2,2H3;2*1H2;/q;;;;+2/p-2. The van der Waals surface area contributed by atoms with Crippen molar-refractivity contribution in [2.75, 3.05) is 0 Å². The predicted octanol–water partition coefficient (Wildman–Crippen LogP) is 5.89. The monoisotopic (exact) mass is 380 g/mol. The molecule has 0 saturated carbocycles. The summed E-state index contributed by atoms with van der Waals surface area (Å²) in [5, 5.41) is 0. The van der Waals surface area contributed by atoms with Gasteiger partial charge in [0, 0.05) is 0 Å². The van der Waals surface area contributed by atoms with Crippen LogP contribution in [0.1, 0.15) is 90.9 Å². The molecule has 0 spiro atoms. The molecule has 0 amide bonds. The first-order chi connectivity index (χ1) is 8.41. The zero-order valence-electron chi connectivity index (χ0n) is 13.3. The van der Waals surface area contributed by atoms with Crippen molar-refractivity contribution >= 4 is 21.1 Å². The summed E-state index contributed by atoms with van der Waals surface area (Å²) < 4.78 is 3.31. The molecule has 19 heavy (non-hydrogen) atoms. The first-order valence-electron chi connectivity index (χ1n) is 8.12. The molecule has 0 aromatic rings. The molecule has 2 nitrogen and oxygen atoms in total. The van der Waals surface area contributed by atoms with Crippen LogP contribution in [0.15, 0.2) is 0 Å². The van der Waals surface area contributed by atoms with Crippen molar-refractivity contribution in [3.8, 4) is 0 Å². The Morgan fingerprint density at radius 2 is 0.789 bits per heavy atom.